The molecule has 1 saturated carbocycles. The van der Waals surface area contributed by atoms with Crippen molar-refractivity contribution in [2.75, 3.05) is 20.6 Å². The van der Waals surface area contributed by atoms with Gasteiger partial charge in [0, 0.05) is 25.7 Å². The fourth-order valence-electron chi connectivity index (χ4n) is 3.39. The summed E-state index contributed by atoms with van der Waals surface area (Å²) >= 11 is 0. The number of urea groups is 1. The van der Waals surface area contributed by atoms with E-state index in [-0.39, 0.29) is 6.03 Å². The molecule has 1 saturated heterocycles. The van der Waals surface area contributed by atoms with Gasteiger partial charge < -0.3 is 15.1 Å². The molecule has 104 valence electrons. The third kappa shape index (κ3) is 2.63. The van der Waals surface area contributed by atoms with Gasteiger partial charge in [-0.05, 0) is 39.2 Å². The van der Waals surface area contributed by atoms with Crippen molar-refractivity contribution in [2.45, 2.75) is 63.6 Å². The second-order valence-electron chi connectivity index (χ2n) is 5.78. The number of hydrogen-bond acceptors (Lipinski definition) is 2. The van der Waals surface area contributed by atoms with Crippen LogP contribution in [0.4, 0.5) is 4.79 Å². The van der Waals surface area contributed by atoms with Crippen molar-refractivity contribution < 1.29 is 4.79 Å². The highest BCUT2D eigenvalue weighted by Crippen LogP contribution is 2.28. The molecule has 0 radical (unpaired) electrons. The maximum absolute atomic E-state index is 12.3. The average molecular weight is 253 g/mol. The van der Waals surface area contributed by atoms with Gasteiger partial charge in [-0.3, -0.25) is 0 Å². The number of nitrogens with zero attached hydrogens (tertiary/aromatic N) is 2. The number of rotatable bonds is 4. The van der Waals surface area contributed by atoms with Crippen molar-refractivity contribution in [1.29, 1.82) is 0 Å². The zero-order valence-corrected chi connectivity index (χ0v) is 12.0. The first-order valence-electron chi connectivity index (χ1n) is 7.38. The molecule has 0 spiro atoms. The normalized spacial score (nSPS) is 33.3. The number of carbonyl (C=O) groups is 1. The molecule has 2 amide bonds. The molecule has 2 rings (SSSR count). The second-order valence-corrected chi connectivity index (χ2v) is 5.78. The summed E-state index contributed by atoms with van der Waals surface area (Å²) in [7, 11) is 4.00. The maximum Gasteiger partial charge on any atom is 0.320 e. The van der Waals surface area contributed by atoms with Gasteiger partial charge >= 0.3 is 6.03 Å². The van der Waals surface area contributed by atoms with E-state index >= 15 is 0 Å². The molecule has 2 aliphatic rings. The molecule has 0 aromatic carbocycles. The highest BCUT2D eigenvalue weighted by atomic mass is 16.2. The lowest BCUT2D eigenvalue weighted by Gasteiger charge is -2.34. The molecule has 1 aliphatic heterocycles. The average Bonchev–Trinajstić information content (AvgIpc) is 2.68. The van der Waals surface area contributed by atoms with Gasteiger partial charge in [-0.15, -0.1) is 0 Å². The van der Waals surface area contributed by atoms with Crippen LogP contribution in [0.5, 0.6) is 0 Å². The van der Waals surface area contributed by atoms with Crippen LogP contribution >= 0.6 is 0 Å². The molecule has 1 atom stereocenters. The molecule has 2 fully saturated rings. The number of likely N-dealkylation sites (N-methyl/N-ethyl adjacent to an activating group) is 1. The van der Waals surface area contributed by atoms with Crippen LogP contribution in [0.2, 0.25) is 0 Å². The lowest BCUT2D eigenvalue weighted by molar-refractivity contribution is 0.161. The van der Waals surface area contributed by atoms with Crippen LogP contribution in [-0.4, -0.2) is 54.6 Å². The van der Waals surface area contributed by atoms with Crippen molar-refractivity contribution in [3.63, 3.8) is 0 Å². The van der Waals surface area contributed by atoms with Crippen molar-refractivity contribution >= 4 is 6.03 Å². The Morgan fingerprint density at radius 3 is 2.50 bits per heavy atom. The summed E-state index contributed by atoms with van der Waals surface area (Å²) in [5, 5.41) is 3.35. The zero-order valence-electron chi connectivity index (χ0n) is 12.0. The molecule has 4 heteroatoms. The summed E-state index contributed by atoms with van der Waals surface area (Å²) in [6, 6.07) is 1.82. The van der Waals surface area contributed by atoms with E-state index in [4.69, 9.17) is 0 Å². The van der Waals surface area contributed by atoms with Crippen LogP contribution in [0, 0.1) is 0 Å². The van der Waals surface area contributed by atoms with E-state index in [0.717, 1.165) is 32.2 Å². The smallest absolute Gasteiger partial charge is 0.320 e. The van der Waals surface area contributed by atoms with Crippen molar-refractivity contribution in [2.24, 2.45) is 0 Å². The molecular weight excluding hydrogens is 226 g/mol. The van der Waals surface area contributed by atoms with Gasteiger partial charge in [0.15, 0.2) is 0 Å². The van der Waals surface area contributed by atoms with E-state index in [1.54, 1.807) is 0 Å². The summed E-state index contributed by atoms with van der Waals surface area (Å²) < 4.78 is 0. The lowest BCUT2D eigenvalue weighted by atomic mass is 9.90. The first kappa shape index (κ1) is 13.7. The van der Waals surface area contributed by atoms with Crippen LogP contribution in [0.15, 0.2) is 0 Å². The zero-order chi connectivity index (χ0) is 13.1. The minimum Gasteiger partial charge on any atom is -0.323 e. The minimum atomic E-state index is 0.251. The Morgan fingerprint density at radius 1 is 1.28 bits per heavy atom. The monoisotopic (exact) mass is 253 g/mol. The third-order valence-electron chi connectivity index (χ3n) is 4.67. The van der Waals surface area contributed by atoms with E-state index < -0.39 is 0 Å². The SMILES string of the molecule is CCCC1CN(C2CCC(NC)CC2)C(=O)N1C. The van der Waals surface area contributed by atoms with Crippen molar-refractivity contribution in [1.82, 2.24) is 15.1 Å². The molecule has 1 N–H and O–H groups in total. The number of carbonyl (C=O) groups excluding carboxylic acids is 1. The molecule has 0 aromatic heterocycles. The van der Waals surface area contributed by atoms with Crippen LogP contribution < -0.4 is 5.32 Å². The number of amides is 2. The van der Waals surface area contributed by atoms with Crippen molar-refractivity contribution in [3.8, 4) is 0 Å². The Bertz CT molecular complexity index is 287. The van der Waals surface area contributed by atoms with Gasteiger partial charge in [0.1, 0.15) is 0 Å². The molecule has 1 unspecified atom stereocenters. The molecule has 18 heavy (non-hydrogen) atoms. The molecule has 0 aromatic rings. The standard InChI is InChI=1S/C14H27N3O/c1-4-5-13-10-17(14(18)16(13)3)12-8-6-11(15-2)7-9-12/h11-13,15H,4-10H2,1-3H3. The quantitative estimate of drug-likeness (QED) is 0.832. The maximum atomic E-state index is 12.3. The Balaban J connectivity index is 1.92. The predicted molar refractivity (Wildman–Crippen MR) is 73.7 cm³/mol. The van der Waals surface area contributed by atoms with Gasteiger partial charge in [0.25, 0.3) is 0 Å². The summed E-state index contributed by atoms with van der Waals surface area (Å²) in [5.41, 5.74) is 0. The van der Waals surface area contributed by atoms with Crippen LogP contribution in [0.3, 0.4) is 0 Å². The number of nitrogens with one attached hydrogen (secondary N) is 1. The Labute approximate surface area is 111 Å². The lowest BCUT2D eigenvalue weighted by Crippen LogP contribution is -2.43. The highest BCUT2D eigenvalue weighted by molar-refractivity contribution is 5.77. The van der Waals surface area contributed by atoms with Gasteiger partial charge in [-0.2, -0.15) is 0 Å². The fraction of sp³-hybridized carbons (Fsp3) is 0.929. The molecule has 1 aliphatic carbocycles. The molecule has 0 bridgehead atoms. The Morgan fingerprint density at radius 2 is 1.94 bits per heavy atom. The Kier molecular flexibility index (Phi) is 4.49. The molecular formula is C14H27N3O. The summed E-state index contributed by atoms with van der Waals surface area (Å²) in [5.74, 6) is 0. The summed E-state index contributed by atoms with van der Waals surface area (Å²) in [4.78, 5) is 16.4. The van der Waals surface area contributed by atoms with Crippen molar-refractivity contribution in [3.05, 3.63) is 0 Å². The highest BCUT2D eigenvalue weighted by Gasteiger charge is 2.38. The third-order valence-corrected chi connectivity index (χ3v) is 4.67. The van der Waals surface area contributed by atoms with E-state index in [2.05, 4.69) is 17.1 Å². The van der Waals surface area contributed by atoms with E-state index in [0.29, 0.717) is 18.1 Å². The van der Waals surface area contributed by atoms with E-state index in [1.807, 2.05) is 19.0 Å². The van der Waals surface area contributed by atoms with Gasteiger partial charge in [0.2, 0.25) is 0 Å². The minimum absolute atomic E-state index is 0.251. The fourth-order valence-corrected chi connectivity index (χ4v) is 3.39. The second kappa shape index (κ2) is 5.91. The van der Waals surface area contributed by atoms with E-state index in [1.165, 1.54) is 12.8 Å². The van der Waals surface area contributed by atoms with Gasteiger partial charge in [0.05, 0.1) is 6.04 Å². The van der Waals surface area contributed by atoms with Crippen LogP contribution in [0.25, 0.3) is 0 Å². The molecule has 4 nitrogen and oxygen atoms in total. The predicted octanol–water partition coefficient (Wildman–Crippen LogP) is 2.05. The molecule has 1 heterocycles. The summed E-state index contributed by atoms with van der Waals surface area (Å²) in [6.45, 7) is 3.14. The Hall–Kier alpha value is -0.770. The van der Waals surface area contributed by atoms with Crippen LogP contribution in [-0.2, 0) is 0 Å². The summed E-state index contributed by atoms with van der Waals surface area (Å²) in [6.07, 6.45) is 7.00. The van der Waals surface area contributed by atoms with Crippen LogP contribution in [0.1, 0.15) is 45.4 Å². The van der Waals surface area contributed by atoms with E-state index in [9.17, 15) is 4.79 Å². The first-order chi connectivity index (χ1) is 8.67. The van der Waals surface area contributed by atoms with Gasteiger partial charge in [-0.25, -0.2) is 4.79 Å². The first-order valence-corrected chi connectivity index (χ1v) is 7.38. The largest absolute Gasteiger partial charge is 0.323 e. The number of hydrogen-bond donors (Lipinski definition) is 1. The van der Waals surface area contributed by atoms with Gasteiger partial charge in [-0.1, -0.05) is 13.3 Å². The topological polar surface area (TPSA) is 35.6 Å².